The number of nitrogen functional groups attached to an aromatic ring is 1. The summed E-state index contributed by atoms with van der Waals surface area (Å²) in [6, 6.07) is 4.69. The number of nitrogens with one attached hydrogen (secondary N) is 1. The van der Waals surface area contributed by atoms with E-state index in [9.17, 15) is 4.79 Å². The molecule has 2 rings (SSSR count). The summed E-state index contributed by atoms with van der Waals surface area (Å²) in [6.07, 6.45) is 3.17. The second-order valence-electron chi connectivity index (χ2n) is 3.29. The van der Waals surface area contributed by atoms with Crippen LogP contribution >= 0.6 is 0 Å². The molecule has 0 aliphatic rings. The molecule has 0 saturated heterocycles. The minimum atomic E-state index is -0.404. The van der Waals surface area contributed by atoms with E-state index in [-0.39, 0.29) is 0 Å². The lowest BCUT2D eigenvalue weighted by molar-refractivity contribution is 0.251. The highest BCUT2D eigenvalue weighted by Gasteiger charge is 2.10. The third kappa shape index (κ3) is 2.00. The number of nitrogens with two attached hydrogens (primary N) is 1. The van der Waals surface area contributed by atoms with Crippen molar-refractivity contribution in [1.82, 2.24) is 14.8 Å². The molecule has 0 bridgehead atoms. The highest BCUT2D eigenvalue weighted by atomic mass is 16.2. The molecule has 2 aromatic rings. The predicted octanol–water partition coefficient (Wildman–Crippen LogP) is 1.25. The maximum absolute atomic E-state index is 11.7. The zero-order valence-corrected chi connectivity index (χ0v) is 8.71. The van der Waals surface area contributed by atoms with E-state index in [0.29, 0.717) is 17.2 Å². The number of aromatic nitrogens is 3. The Balaban J connectivity index is 2.18. The van der Waals surface area contributed by atoms with Crippen molar-refractivity contribution in [2.45, 2.75) is 6.92 Å². The molecule has 1 amide bonds. The van der Waals surface area contributed by atoms with E-state index in [1.807, 2.05) is 0 Å². The van der Waals surface area contributed by atoms with E-state index in [2.05, 4.69) is 15.4 Å². The van der Waals surface area contributed by atoms with Crippen LogP contribution in [0.3, 0.4) is 0 Å². The van der Waals surface area contributed by atoms with Gasteiger partial charge in [0.1, 0.15) is 5.82 Å². The summed E-state index contributed by atoms with van der Waals surface area (Å²) < 4.78 is 1.11. The van der Waals surface area contributed by atoms with Crippen LogP contribution in [0.4, 0.5) is 16.3 Å². The molecule has 2 heterocycles. The van der Waals surface area contributed by atoms with E-state index in [1.54, 1.807) is 37.5 Å². The fourth-order valence-electron chi connectivity index (χ4n) is 1.30. The Morgan fingerprint density at radius 1 is 1.56 bits per heavy atom. The van der Waals surface area contributed by atoms with Crippen LogP contribution in [0.5, 0.6) is 0 Å². The van der Waals surface area contributed by atoms with Crippen LogP contribution in [-0.2, 0) is 0 Å². The lowest BCUT2D eigenvalue weighted by Gasteiger charge is -2.04. The van der Waals surface area contributed by atoms with Crippen molar-refractivity contribution in [3.05, 3.63) is 36.3 Å². The number of pyridine rings is 1. The van der Waals surface area contributed by atoms with Gasteiger partial charge in [0.2, 0.25) is 0 Å². The molecule has 0 aliphatic heterocycles. The summed E-state index contributed by atoms with van der Waals surface area (Å²) in [4.78, 5) is 15.6. The lowest BCUT2D eigenvalue weighted by atomic mass is 10.4. The number of carbonyl (C=O) groups is 1. The SMILES string of the molecule is Cc1cc(N)n(C(=O)Nc2cccnc2)n1. The Bertz CT molecular complexity index is 505. The fourth-order valence-corrected chi connectivity index (χ4v) is 1.30. The van der Waals surface area contributed by atoms with Gasteiger partial charge in [0.25, 0.3) is 0 Å². The summed E-state index contributed by atoms with van der Waals surface area (Å²) in [5.74, 6) is 0.305. The summed E-state index contributed by atoms with van der Waals surface area (Å²) in [7, 11) is 0. The Labute approximate surface area is 92.1 Å². The van der Waals surface area contributed by atoms with Crippen molar-refractivity contribution in [2.24, 2.45) is 0 Å². The van der Waals surface area contributed by atoms with Crippen molar-refractivity contribution < 1.29 is 4.79 Å². The molecule has 16 heavy (non-hydrogen) atoms. The summed E-state index contributed by atoms with van der Waals surface area (Å²) in [6.45, 7) is 1.77. The number of hydrogen-bond donors (Lipinski definition) is 2. The second kappa shape index (κ2) is 4.01. The van der Waals surface area contributed by atoms with E-state index < -0.39 is 6.03 Å². The highest BCUT2D eigenvalue weighted by Crippen LogP contribution is 2.08. The smallest absolute Gasteiger partial charge is 0.348 e. The third-order valence-electron chi connectivity index (χ3n) is 1.96. The van der Waals surface area contributed by atoms with E-state index in [4.69, 9.17) is 5.73 Å². The molecule has 2 aromatic heterocycles. The van der Waals surface area contributed by atoms with Gasteiger partial charge in [-0.2, -0.15) is 9.78 Å². The predicted molar refractivity (Wildman–Crippen MR) is 60.0 cm³/mol. The van der Waals surface area contributed by atoms with Gasteiger partial charge in [-0.1, -0.05) is 0 Å². The Morgan fingerprint density at radius 3 is 2.94 bits per heavy atom. The Morgan fingerprint density at radius 2 is 2.38 bits per heavy atom. The standard InChI is InChI=1S/C10H11N5O/c1-7-5-9(11)15(14-7)10(16)13-8-3-2-4-12-6-8/h2-6H,11H2,1H3,(H,13,16). The average molecular weight is 217 g/mol. The number of amides is 1. The topological polar surface area (TPSA) is 85.8 Å². The van der Waals surface area contributed by atoms with Crippen molar-refractivity contribution in [3.63, 3.8) is 0 Å². The second-order valence-corrected chi connectivity index (χ2v) is 3.29. The Kier molecular flexibility index (Phi) is 2.55. The normalized spacial score (nSPS) is 10.1. The molecule has 0 aliphatic carbocycles. The first-order valence-electron chi connectivity index (χ1n) is 4.70. The number of rotatable bonds is 1. The largest absolute Gasteiger partial charge is 0.383 e. The van der Waals surface area contributed by atoms with Crippen LogP contribution in [0, 0.1) is 6.92 Å². The molecule has 6 nitrogen and oxygen atoms in total. The number of aryl methyl sites for hydroxylation is 1. The number of nitrogens with zero attached hydrogens (tertiary/aromatic N) is 3. The van der Waals surface area contributed by atoms with E-state index in [1.165, 1.54) is 0 Å². The van der Waals surface area contributed by atoms with Gasteiger partial charge in [-0.15, -0.1) is 0 Å². The van der Waals surface area contributed by atoms with Gasteiger partial charge in [-0.05, 0) is 19.1 Å². The molecule has 0 saturated carbocycles. The minimum Gasteiger partial charge on any atom is -0.383 e. The molecule has 0 aromatic carbocycles. The molecule has 0 atom stereocenters. The maximum Gasteiger partial charge on any atom is 0.348 e. The number of carbonyl (C=O) groups excluding carboxylic acids is 1. The molecular formula is C10H11N5O. The van der Waals surface area contributed by atoms with Crippen LogP contribution in [0.25, 0.3) is 0 Å². The molecule has 0 fully saturated rings. The lowest BCUT2D eigenvalue weighted by Crippen LogP contribution is -2.22. The van der Waals surface area contributed by atoms with Crippen LogP contribution in [-0.4, -0.2) is 20.8 Å². The van der Waals surface area contributed by atoms with Crippen molar-refractivity contribution >= 4 is 17.5 Å². The van der Waals surface area contributed by atoms with E-state index in [0.717, 1.165) is 4.68 Å². The van der Waals surface area contributed by atoms with Crippen molar-refractivity contribution in [2.75, 3.05) is 11.1 Å². The zero-order valence-electron chi connectivity index (χ0n) is 8.71. The van der Waals surface area contributed by atoms with Gasteiger partial charge in [-0.25, -0.2) is 4.79 Å². The number of anilines is 2. The fraction of sp³-hybridized carbons (Fsp3) is 0.100. The summed E-state index contributed by atoms with van der Waals surface area (Å²) >= 11 is 0. The highest BCUT2D eigenvalue weighted by molar-refractivity contribution is 5.92. The first kappa shape index (κ1) is 10.2. The van der Waals surface area contributed by atoms with Crippen LogP contribution in [0.2, 0.25) is 0 Å². The molecule has 3 N–H and O–H groups in total. The zero-order chi connectivity index (χ0) is 11.5. The van der Waals surface area contributed by atoms with Crippen LogP contribution in [0.1, 0.15) is 5.69 Å². The minimum absolute atomic E-state index is 0.305. The quantitative estimate of drug-likeness (QED) is 0.752. The van der Waals surface area contributed by atoms with Crippen molar-refractivity contribution in [1.29, 1.82) is 0 Å². The summed E-state index contributed by atoms with van der Waals surface area (Å²) in [5, 5.41) is 6.60. The molecule has 82 valence electrons. The molecule has 0 unspecified atom stereocenters. The summed E-state index contributed by atoms with van der Waals surface area (Å²) in [5.41, 5.74) is 6.91. The monoisotopic (exact) mass is 217 g/mol. The number of hydrogen-bond acceptors (Lipinski definition) is 4. The average Bonchev–Trinajstić information content (AvgIpc) is 2.59. The first-order valence-corrected chi connectivity index (χ1v) is 4.70. The first-order chi connectivity index (χ1) is 7.66. The molecule has 6 heteroatoms. The van der Waals surface area contributed by atoms with Crippen LogP contribution in [0.15, 0.2) is 30.6 Å². The molecule has 0 radical (unpaired) electrons. The van der Waals surface area contributed by atoms with Gasteiger partial charge in [0.05, 0.1) is 17.6 Å². The van der Waals surface area contributed by atoms with Crippen molar-refractivity contribution in [3.8, 4) is 0 Å². The van der Waals surface area contributed by atoms with Gasteiger partial charge < -0.3 is 11.1 Å². The van der Waals surface area contributed by atoms with E-state index >= 15 is 0 Å². The molecule has 0 spiro atoms. The van der Waals surface area contributed by atoms with Gasteiger partial charge in [0.15, 0.2) is 0 Å². The maximum atomic E-state index is 11.7. The van der Waals surface area contributed by atoms with Gasteiger partial charge in [-0.3, -0.25) is 4.98 Å². The van der Waals surface area contributed by atoms with Gasteiger partial charge in [0, 0.05) is 12.3 Å². The van der Waals surface area contributed by atoms with Gasteiger partial charge >= 0.3 is 6.03 Å². The Hall–Kier alpha value is -2.37. The van der Waals surface area contributed by atoms with Crippen LogP contribution < -0.4 is 11.1 Å². The third-order valence-corrected chi connectivity index (χ3v) is 1.96. The molecular weight excluding hydrogens is 206 g/mol.